The van der Waals surface area contributed by atoms with Crippen molar-refractivity contribution >= 4 is 0 Å². The maximum absolute atomic E-state index is 6.40. The first-order chi connectivity index (χ1) is 7.47. The van der Waals surface area contributed by atoms with Gasteiger partial charge in [-0.2, -0.15) is 0 Å². The van der Waals surface area contributed by atoms with Crippen molar-refractivity contribution in [2.75, 3.05) is 0 Å². The predicted molar refractivity (Wildman–Crippen MR) is 71.6 cm³/mol. The molecule has 0 saturated carbocycles. The first-order valence-corrected chi connectivity index (χ1v) is 6.34. The average molecular weight is 219 g/mol. The molecule has 90 valence electrons. The van der Waals surface area contributed by atoms with Crippen molar-refractivity contribution < 1.29 is 0 Å². The summed E-state index contributed by atoms with van der Waals surface area (Å²) in [6.45, 7) is 8.67. The molecule has 1 unspecified atom stereocenters. The molecule has 0 radical (unpaired) electrons. The lowest BCUT2D eigenvalue weighted by Crippen LogP contribution is -2.33. The van der Waals surface area contributed by atoms with Crippen LogP contribution >= 0.6 is 0 Å². The van der Waals surface area contributed by atoms with Crippen molar-refractivity contribution in [3.8, 4) is 0 Å². The number of nitrogens with two attached hydrogens (primary N) is 1. The van der Waals surface area contributed by atoms with E-state index in [4.69, 9.17) is 5.73 Å². The van der Waals surface area contributed by atoms with Gasteiger partial charge in [-0.05, 0) is 43.9 Å². The second-order valence-electron chi connectivity index (χ2n) is 5.17. The lowest BCUT2D eigenvalue weighted by molar-refractivity contribution is 0.427. The smallest absolute Gasteiger partial charge is 0.0381 e. The molecule has 1 rings (SSSR count). The summed E-state index contributed by atoms with van der Waals surface area (Å²) in [4.78, 5) is 0. The topological polar surface area (TPSA) is 26.0 Å². The molecule has 0 aromatic heterocycles. The molecule has 1 aromatic rings. The zero-order valence-corrected chi connectivity index (χ0v) is 11.1. The molecule has 0 aliphatic rings. The summed E-state index contributed by atoms with van der Waals surface area (Å²) in [5.41, 5.74) is 10.2. The average Bonchev–Trinajstić information content (AvgIpc) is 2.22. The van der Waals surface area contributed by atoms with Crippen LogP contribution in [0.4, 0.5) is 0 Å². The van der Waals surface area contributed by atoms with Gasteiger partial charge in [0.2, 0.25) is 0 Å². The Balaban J connectivity index is 2.76. The molecular formula is C15H25N. The minimum atomic E-state index is -0.173. The van der Waals surface area contributed by atoms with Gasteiger partial charge in [0.15, 0.2) is 0 Å². The highest BCUT2D eigenvalue weighted by Gasteiger charge is 2.20. The quantitative estimate of drug-likeness (QED) is 0.743. The lowest BCUT2D eigenvalue weighted by Gasteiger charge is -2.26. The van der Waals surface area contributed by atoms with Crippen molar-refractivity contribution in [1.29, 1.82) is 0 Å². The van der Waals surface area contributed by atoms with Crippen LogP contribution < -0.4 is 5.73 Å². The number of rotatable bonds is 5. The summed E-state index contributed by atoms with van der Waals surface area (Å²) in [5.74, 6) is 0. The molecule has 0 saturated heterocycles. The highest BCUT2D eigenvalue weighted by molar-refractivity contribution is 5.33. The first kappa shape index (κ1) is 13.2. The van der Waals surface area contributed by atoms with E-state index in [0.717, 1.165) is 6.42 Å². The van der Waals surface area contributed by atoms with E-state index in [0.29, 0.717) is 0 Å². The van der Waals surface area contributed by atoms with Crippen LogP contribution in [-0.2, 0) is 5.54 Å². The number of unbranched alkanes of at least 4 members (excludes halogenated alkanes) is 2. The third kappa shape index (κ3) is 3.34. The summed E-state index contributed by atoms with van der Waals surface area (Å²) in [5, 5.41) is 0. The molecule has 0 aliphatic heterocycles. The molecule has 1 atom stereocenters. The fourth-order valence-corrected chi connectivity index (χ4v) is 1.98. The van der Waals surface area contributed by atoms with Gasteiger partial charge in [0.25, 0.3) is 0 Å². The Labute approximate surface area is 100 Å². The van der Waals surface area contributed by atoms with Crippen LogP contribution in [-0.4, -0.2) is 0 Å². The third-order valence-corrected chi connectivity index (χ3v) is 3.47. The van der Waals surface area contributed by atoms with Crippen molar-refractivity contribution in [2.24, 2.45) is 5.73 Å². The van der Waals surface area contributed by atoms with Crippen molar-refractivity contribution in [3.63, 3.8) is 0 Å². The summed E-state index contributed by atoms with van der Waals surface area (Å²) in [7, 11) is 0. The Bertz CT molecular complexity index is 339. The van der Waals surface area contributed by atoms with Crippen LogP contribution in [0.3, 0.4) is 0 Å². The predicted octanol–water partition coefficient (Wildman–Crippen LogP) is 4.06. The lowest BCUT2D eigenvalue weighted by atomic mass is 9.86. The van der Waals surface area contributed by atoms with Gasteiger partial charge in [0.1, 0.15) is 0 Å². The number of hydrogen-bond acceptors (Lipinski definition) is 1. The van der Waals surface area contributed by atoms with Crippen LogP contribution in [0.2, 0.25) is 0 Å². The van der Waals surface area contributed by atoms with E-state index in [1.165, 1.54) is 36.0 Å². The third-order valence-electron chi connectivity index (χ3n) is 3.47. The molecule has 0 heterocycles. The van der Waals surface area contributed by atoms with Crippen molar-refractivity contribution in [3.05, 3.63) is 34.9 Å². The van der Waals surface area contributed by atoms with Crippen LogP contribution in [0.25, 0.3) is 0 Å². The number of hydrogen-bond donors (Lipinski definition) is 1. The standard InChI is InChI=1S/C15H25N/c1-5-6-7-10-15(4,16)14-9-8-12(2)13(3)11-14/h8-9,11H,5-7,10,16H2,1-4H3. The van der Waals surface area contributed by atoms with Crippen LogP contribution in [0.5, 0.6) is 0 Å². The molecule has 0 spiro atoms. The Hall–Kier alpha value is -0.820. The Morgan fingerprint density at radius 3 is 2.38 bits per heavy atom. The van der Waals surface area contributed by atoms with Gasteiger partial charge in [-0.3, -0.25) is 0 Å². The Morgan fingerprint density at radius 1 is 1.12 bits per heavy atom. The molecule has 16 heavy (non-hydrogen) atoms. The molecule has 0 bridgehead atoms. The van der Waals surface area contributed by atoms with Crippen molar-refractivity contribution in [1.82, 2.24) is 0 Å². The fourth-order valence-electron chi connectivity index (χ4n) is 1.98. The van der Waals surface area contributed by atoms with Crippen LogP contribution in [0, 0.1) is 13.8 Å². The highest BCUT2D eigenvalue weighted by atomic mass is 14.7. The van der Waals surface area contributed by atoms with E-state index >= 15 is 0 Å². The van der Waals surface area contributed by atoms with Crippen LogP contribution in [0.1, 0.15) is 56.2 Å². The maximum atomic E-state index is 6.40. The summed E-state index contributed by atoms with van der Waals surface area (Å²) in [6, 6.07) is 6.59. The van der Waals surface area contributed by atoms with Gasteiger partial charge in [-0.15, -0.1) is 0 Å². The zero-order chi connectivity index (χ0) is 12.2. The second kappa shape index (κ2) is 5.49. The largest absolute Gasteiger partial charge is 0.322 e. The van der Waals surface area contributed by atoms with Gasteiger partial charge >= 0.3 is 0 Å². The van der Waals surface area contributed by atoms with E-state index in [-0.39, 0.29) is 5.54 Å². The van der Waals surface area contributed by atoms with Gasteiger partial charge in [-0.25, -0.2) is 0 Å². The van der Waals surface area contributed by atoms with Gasteiger partial charge in [0, 0.05) is 5.54 Å². The van der Waals surface area contributed by atoms with Gasteiger partial charge < -0.3 is 5.73 Å². The van der Waals surface area contributed by atoms with E-state index in [9.17, 15) is 0 Å². The van der Waals surface area contributed by atoms with Gasteiger partial charge in [0.05, 0.1) is 0 Å². The van der Waals surface area contributed by atoms with E-state index in [2.05, 4.69) is 45.9 Å². The van der Waals surface area contributed by atoms with E-state index in [1.807, 2.05) is 0 Å². The first-order valence-electron chi connectivity index (χ1n) is 6.34. The molecule has 1 nitrogen and oxygen atoms in total. The Kier molecular flexibility index (Phi) is 4.55. The molecule has 0 fully saturated rings. The summed E-state index contributed by atoms with van der Waals surface area (Å²) >= 11 is 0. The molecule has 2 N–H and O–H groups in total. The fraction of sp³-hybridized carbons (Fsp3) is 0.600. The van der Waals surface area contributed by atoms with Crippen molar-refractivity contribution in [2.45, 2.75) is 58.9 Å². The Morgan fingerprint density at radius 2 is 1.81 bits per heavy atom. The molecule has 1 aromatic carbocycles. The minimum Gasteiger partial charge on any atom is -0.322 e. The zero-order valence-electron chi connectivity index (χ0n) is 11.1. The van der Waals surface area contributed by atoms with E-state index < -0.39 is 0 Å². The SMILES string of the molecule is CCCCCC(C)(N)c1ccc(C)c(C)c1. The minimum absolute atomic E-state index is 0.173. The normalized spacial score (nSPS) is 14.8. The number of benzene rings is 1. The van der Waals surface area contributed by atoms with Gasteiger partial charge in [-0.1, -0.05) is 44.4 Å². The molecule has 1 heteroatoms. The summed E-state index contributed by atoms with van der Waals surface area (Å²) < 4.78 is 0. The summed E-state index contributed by atoms with van der Waals surface area (Å²) in [6.07, 6.45) is 4.82. The second-order valence-corrected chi connectivity index (χ2v) is 5.17. The highest BCUT2D eigenvalue weighted by Crippen LogP contribution is 2.25. The molecule has 0 amide bonds. The van der Waals surface area contributed by atoms with E-state index in [1.54, 1.807) is 0 Å². The van der Waals surface area contributed by atoms with Crippen LogP contribution in [0.15, 0.2) is 18.2 Å². The molecule has 0 aliphatic carbocycles. The monoisotopic (exact) mass is 219 g/mol. The maximum Gasteiger partial charge on any atom is 0.0381 e. The molecular weight excluding hydrogens is 194 g/mol. The number of aryl methyl sites for hydroxylation is 2.